The number of ether oxygens (including phenoxy) is 2. The molecular formula is C32H35N6O6S2+. The van der Waals surface area contributed by atoms with Crippen LogP contribution in [0.2, 0.25) is 0 Å². The fraction of sp³-hybridized carbons (Fsp3) is 0.250. The van der Waals surface area contributed by atoms with E-state index in [0.717, 1.165) is 33.1 Å². The van der Waals surface area contributed by atoms with Crippen molar-refractivity contribution >= 4 is 58.6 Å². The Labute approximate surface area is 275 Å². The number of carbonyl (C=O) groups is 4. The van der Waals surface area contributed by atoms with Gasteiger partial charge in [0.1, 0.15) is 25.5 Å². The molecule has 0 saturated heterocycles. The second-order valence-electron chi connectivity index (χ2n) is 10.6. The number of rotatable bonds is 12. The van der Waals surface area contributed by atoms with E-state index >= 15 is 0 Å². The largest absolute Gasteiger partial charge is 0.444 e. The van der Waals surface area contributed by atoms with Gasteiger partial charge < -0.3 is 20.5 Å². The van der Waals surface area contributed by atoms with E-state index in [1.54, 1.807) is 50.2 Å². The summed E-state index contributed by atoms with van der Waals surface area (Å²) in [5.74, 6) is -1.68. The van der Waals surface area contributed by atoms with Crippen molar-refractivity contribution in [2.75, 3.05) is 10.2 Å². The van der Waals surface area contributed by atoms with Crippen LogP contribution in [0, 0.1) is 5.92 Å². The van der Waals surface area contributed by atoms with Crippen LogP contribution < -0.4 is 24.4 Å². The quantitative estimate of drug-likeness (QED) is 0.158. The zero-order chi connectivity index (χ0) is 33.1. The number of H-pyrrole nitrogens is 1. The molecule has 0 unspecified atom stereocenters. The number of hydrogen-bond acceptors (Lipinski definition) is 9. The van der Waals surface area contributed by atoms with Crippen molar-refractivity contribution in [1.29, 1.82) is 0 Å². The second-order valence-corrected chi connectivity index (χ2v) is 12.2. The smallest absolute Gasteiger partial charge is 0.422 e. The van der Waals surface area contributed by atoms with Crippen LogP contribution in [0.4, 0.5) is 20.3 Å². The van der Waals surface area contributed by atoms with Gasteiger partial charge in [0.05, 0.1) is 9.16 Å². The standard InChI is InChI=1S/C32H34N6O6S2/c1-21(2)28(30(40)37(27-18-34-38(45)46-27)32(42)44-20-24-11-7-4-8-12-24)36-29(39)26(33)17-22-13-15-25(16-14-22)35-31(41)43-19-23-9-5-3-6-10-23/h3-16,18,21,26,28H,17,19-20,33H2,1-2H3,(H2-,34,35,36,39,41,45)/p+1/t26-,28-/m0/s1. The van der Waals surface area contributed by atoms with Gasteiger partial charge in [-0.1, -0.05) is 86.6 Å². The maximum Gasteiger partial charge on any atom is 0.422 e. The normalized spacial score (nSPS) is 12.1. The van der Waals surface area contributed by atoms with Crippen molar-refractivity contribution in [3.63, 3.8) is 0 Å². The number of imide groups is 1. The number of nitrogens with one attached hydrogen (secondary N) is 3. The van der Waals surface area contributed by atoms with E-state index in [4.69, 9.17) is 27.6 Å². The predicted molar refractivity (Wildman–Crippen MR) is 176 cm³/mol. The van der Waals surface area contributed by atoms with Crippen LogP contribution in [0.5, 0.6) is 0 Å². The van der Waals surface area contributed by atoms with E-state index in [1.807, 2.05) is 48.5 Å². The number of nitrogens with two attached hydrogens (primary N) is 1. The fourth-order valence-electron chi connectivity index (χ4n) is 4.28. The first kappa shape index (κ1) is 34.0. The van der Waals surface area contributed by atoms with Crippen LogP contribution in [0.1, 0.15) is 30.5 Å². The molecule has 0 aliphatic carbocycles. The number of aromatic amines is 1. The SMILES string of the molecule is CC(C)[C@H](NC(=O)[C@@H](N)Cc1ccc(NC(=O)OCc2ccccc2)cc1)C(=O)N(C(=O)OCc1ccccc1)c1c[nH][n+](=S)s1. The maximum atomic E-state index is 13.8. The molecule has 240 valence electrons. The highest BCUT2D eigenvalue weighted by atomic mass is 32.2. The van der Waals surface area contributed by atoms with E-state index in [2.05, 4.69) is 15.7 Å². The molecule has 0 radical (unpaired) electrons. The highest BCUT2D eigenvalue weighted by molar-refractivity contribution is 7.67. The molecular weight excluding hydrogens is 629 g/mol. The molecule has 1 aromatic heterocycles. The molecule has 1 heterocycles. The van der Waals surface area contributed by atoms with Crippen molar-refractivity contribution in [3.8, 4) is 0 Å². The minimum atomic E-state index is -1.10. The monoisotopic (exact) mass is 663 g/mol. The van der Waals surface area contributed by atoms with Crippen LogP contribution in [-0.2, 0) is 38.7 Å². The molecule has 2 atom stereocenters. The van der Waals surface area contributed by atoms with E-state index in [-0.39, 0.29) is 24.6 Å². The Bertz CT molecular complexity index is 1680. The first-order chi connectivity index (χ1) is 22.1. The third kappa shape index (κ3) is 9.79. The van der Waals surface area contributed by atoms with Crippen LogP contribution in [0.15, 0.2) is 91.1 Å². The topological polar surface area (TPSA) is 162 Å². The van der Waals surface area contributed by atoms with Gasteiger partial charge >= 0.3 is 24.6 Å². The van der Waals surface area contributed by atoms with Gasteiger partial charge in [-0.2, -0.15) is 4.90 Å². The lowest BCUT2D eigenvalue weighted by molar-refractivity contribution is -0.428. The molecule has 3 aromatic carbocycles. The highest BCUT2D eigenvalue weighted by Gasteiger charge is 2.37. The number of amides is 4. The molecule has 0 fully saturated rings. The van der Waals surface area contributed by atoms with Crippen molar-refractivity contribution in [3.05, 3.63) is 108 Å². The van der Waals surface area contributed by atoms with Crippen LogP contribution >= 0.6 is 24.0 Å². The van der Waals surface area contributed by atoms with Gasteiger partial charge in [0.15, 0.2) is 5.00 Å². The molecule has 4 amide bonds. The van der Waals surface area contributed by atoms with E-state index in [1.165, 1.54) is 9.31 Å². The van der Waals surface area contributed by atoms with Gasteiger partial charge in [-0.05, 0) is 41.2 Å². The Hall–Kier alpha value is -4.92. The number of carbonyl (C=O) groups excluding carboxylic acids is 4. The summed E-state index contributed by atoms with van der Waals surface area (Å²) < 4.78 is 11.9. The van der Waals surface area contributed by atoms with Crippen molar-refractivity contribution in [1.82, 2.24) is 10.4 Å². The van der Waals surface area contributed by atoms with Gasteiger partial charge in [0.2, 0.25) is 17.4 Å². The summed E-state index contributed by atoms with van der Waals surface area (Å²) in [5.41, 5.74) is 9.08. The van der Waals surface area contributed by atoms with Crippen molar-refractivity contribution < 1.29 is 31.8 Å². The summed E-state index contributed by atoms with van der Waals surface area (Å²) in [6.45, 7) is 3.57. The zero-order valence-electron chi connectivity index (χ0n) is 25.3. The predicted octanol–water partition coefficient (Wildman–Crippen LogP) is 4.73. The Kier molecular flexibility index (Phi) is 12.1. The Morgan fingerprint density at radius 3 is 2.02 bits per heavy atom. The Morgan fingerprint density at radius 2 is 1.48 bits per heavy atom. The van der Waals surface area contributed by atoms with Gasteiger partial charge in [0, 0.05) is 5.69 Å². The van der Waals surface area contributed by atoms with Crippen molar-refractivity contribution in [2.24, 2.45) is 11.7 Å². The Balaban J connectivity index is 1.36. The van der Waals surface area contributed by atoms with Gasteiger partial charge in [-0.15, -0.1) is 5.10 Å². The number of aromatic nitrogens is 2. The first-order valence-electron chi connectivity index (χ1n) is 14.4. The van der Waals surface area contributed by atoms with E-state index < -0.39 is 42.0 Å². The summed E-state index contributed by atoms with van der Waals surface area (Å²) in [4.78, 5) is 53.2. The van der Waals surface area contributed by atoms with Crippen molar-refractivity contribution in [2.45, 2.75) is 45.6 Å². The molecule has 0 aliphatic rings. The number of nitrogens with zero attached hydrogens (tertiary/aromatic N) is 2. The number of anilines is 2. The zero-order valence-corrected chi connectivity index (χ0v) is 26.9. The number of hydrogen-bond donors (Lipinski definition) is 4. The highest BCUT2D eigenvalue weighted by Crippen LogP contribution is 2.21. The van der Waals surface area contributed by atoms with Gasteiger partial charge in [0.25, 0.3) is 5.91 Å². The van der Waals surface area contributed by atoms with Crippen LogP contribution in [0.25, 0.3) is 0 Å². The van der Waals surface area contributed by atoms with E-state index in [0.29, 0.717) is 5.69 Å². The first-order valence-corrected chi connectivity index (χ1v) is 15.5. The molecule has 4 rings (SSSR count). The molecule has 0 aliphatic heterocycles. The lowest BCUT2D eigenvalue weighted by Gasteiger charge is -2.27. The van der Waals surface area contributed by atoms with Crippen LogP contribution in [-0.4, -0.2) is 41.2 Å². The average Bonchev–Trinajstić information content (AvgIpc) is 3.48. The van der Waals surface area contributed by atoms with Gasteiger partial charge in [-0.25, -0.2) is 9.59 Å². The number of benzene rings is 3. The van der Waals surface area contributed by atoms with E-state index in [9.17, 15) is 19.2 Å². The summed E-state index contributed by atoms with van der Waals surface area (Å²) in [6, 6.07) is 23.1. The Morgan fingerprint density at radius 1 is 0.891 bits per heavy atom. The minimum Gasteiger partial charge on any atom is -0.444 e. The fourth-order valence-corrected chi connectivity index (χ4v) is 5.19. The third-order valence-corrected chi connectivity index (χ3v) is 7.82. The summed E-state index contributed by atoms with van der Waals surface area (Å²) in [6.07, 6.45) is 0.0492. The minimum absolute atomic E-state index is 0.0564. The third-order valence-electron chi connectivity index (χ3n) is 6.73. The van der Waals surface area contributed by atoms with Gasteiger partial charge in [-0.3, -0.25) is 14.9 Å². The molecule has 12 nitrogen and oxygen atoms in total. The average molecular weight is 664 g/mol. The lowest BCUT2D eigenvalue weighted by atomic mass is 10.0. The lowest BCUT2D eigenvalue weighted by Crippen LogP contribution is -2.56. The molecule has 5 N–H and O–H groups in total. The summed E-state index contributed by atoms with van der Waals surface area (Å²) in [7, 11) is 0. The summed E-state index contributed by atoms with van der Waals surface area (Å²) in [5, 5.41) is 8.29. The maximum absolute atomic E-state index is 13.8. The molecule has 0 bridgehead atoms. The molecule has 0 saturated carbocycles. The second kappa shape index (κ2) is 16.4. The molecule has 0 spiro atoms. The molecule has 14 heteroatoms. The summed E-state index contributed by atoms with van der Waals surface area (Å²) >= 11 is 6.03. The molecule has 46 heavy (non-hydrogen) atoms. The molecule has 4 aromatic rings. The van der Waals surface area contributed by atoms with Crippen LogP contribution in [0.3, 0.4) is 0 Å².